The summed E-state index contributed by atoms with van der Waals surface area (Å²) in [7, 11) is -14.2. The quantitative estimate of drug-likeness (QED) is 0.0722. The summed E-state index contributed by atoms with van der Waals surface area (Å²) in [5.41, 5.74) is -4.69. The van der Waals surface area contributed by atoms with Gasteiger partial charge in [-0.1, -0.05) is 125 Å². The molecule has 360 valence electrons. The Bertz CT molecular complexity index is 1800. The molecule has 0 fully saturated rings. The van der Waals surface area contributed by atoms with Crippen LogP contribution in [-0.4, -0.2) is 31.5 Å². The normalized spacial score (nSPS) is 13.2. The Morgan fingerprint density at radius 3 is 0.484 bits per heavy atom. The van der Waals surface area contributed by atoms with Crippen molar-refractivity contribution in [2.45, 2.75) is 174 Å². The smallest absolute Gasteiger partial charge is 0.484 e. The van der Waals surface area contributed by atoms with Crippen molar-refractivity contribution in [2.24, 2.45) is 0 Å². The highest BCUT2D eigenvalue weighted by atomic mass is 28.3. The molecule has 3 aromatic carbocycles. The average molecular weight is 975 g/mol. The van der Waals surface area contributed by atoms with E-state index in [0.29, 0.717) is 0 Å². The lowest BCUT2D eigenvalue weighted by molar-refractivity contribution is 0.256. The molecule has 0 bridgehead atoms. The average Bonchev–Trinajstić information content (AvgIpc) is 3.17. The van der Waals surface area contributed by atoms with Crippen LogP contribution in [0.15, 0.2) is 0 Å². The zero-order valence-corrected chi connectivity index (χ0v) is 43.0. The summed E-state index contributed by atoms with van der Waals surface area (Å²) in [5.74, 6) is -31.4. The molecule has 3 rings (SSSR count). The van der Waals surface area contributed by atoms with Crippen LogP contribution in [0.2, 0.25) is 49.9 Å². The molecule has 64 heavy (non-hydrogen) atoms. The van der Waals surface area contributed by atoms with Gasteiger partial charge in [-0.2, -0.15) is 26.3 Å². The summed E-state index contributed by atoms with van der Waals surface area (Å²) in [6, 6.07) is 0. The van der Waals surface area contributed by atoms with Gasteiger partial charge in [-0.15, -0.1) is 0 Å². The van der Waals surface area contributed by atoms with Crippen LogP contribution in [0.1, 0.15) is 125 Å². The van der Waals surface area contributed by atoms with Crippen molar-refractivity contribution >= 4 is 47.1 Å². The molecule has 19 heteroatoms. The predicted octanol–water partition coefficient (Wildman–Crippen LogP) is 14.5. The molecule has 0 N–H and O–H groups in total. The molecule has 0 amide bonds. The third-order valence-electron chi connectivity index (χ3n) is 14.2. The van der Waals surface area contributed by atoms with Gasteiger partial charge in [0.2, 0.25) is 34.9 Å². The van der Waals surface area contributed by atoms with Gasteiger partial charge >= 0.3 is 7.32 Å². The molecule has 0 unspecified atom stereocenters. The second kappa shape index (κ2) is 20.0. The van der Waals surface area contributed by atoms with Gasteiger partial charge < -0.3 is 14.0 Å². The number of rotatable bonds is 18. The maximum absolute atomic E-state index is 16.4. The molecule has 0 spiro atoms. The van der Waals surface area contributed by atoms with E-state index in [-0.39, 0.29) is 0 Å². The second-order valence-electron chi connectivity index (χ2n) is 19.7. The van der Waals surface area contributed by atoms with Crippen LogP contribution in [0.3, 0.4) is 0 Å². The fourth-order valence-electron chi connectivity index (χ4n) is 12.2. The number of halogens is 12. The van der Waals surface area contributed by atoms with E-state index in [0.717, 1.165) is 0 Å². The second-order valence-corrected chi connectivity index (χ2v) is 37.2. The lowest BCUT2D eigenvalue weighted by Gasteiger charge is -2.44. The number of benzene rings is 3. The molecular weight excluding hydrogens is 912 g/mol. The first kappa shape index (κ1) is 55.3. The van der Waals surface area contributed by atoms with Crippen LogP contribution in [0.5, 0.6) is 17.2 Å². The molecule has 0 saturated carbocycles. The summed E-state index contributed by atoms with van der Waals surface area (Å²) >= 11 is 0. The summed E-state index contributed by atoms with van der Waals surface area (Å²) in [4.78, 5) is 0. The zero-order valence-electron chi connectivity index (χ0n) is 40.0. The summed E-state index contributed by atoms with van der Waals surface area (Å²) in [6.45, 7) is 29.4. The molecule has 0 atom stereocenters. The molecule has 0 heterocycles. The van der Waals surface area contributed by atoms with E-state index < -0.39 is 184 Å². The Kier molecular flexibility index (Phi) is 17.3. The van der Waals surface area contributed by atoms with Crippen LogP contribution >= 0.6 is 0 Å². The first-order chi connectivity index (χ1) is 29.2. The largest absolute Gasteiger partial charge is 0.864 e. The summed E-state index contributed by atoms with van der Waals surface area (Å²) in [5, 5.41) is -2.70. The van der Waals surface area contributed by atoms with Gasteiger partial charge in [0.15, 0.2) is 52.2 Å². The summed E-state index contributed by atoms with van der Waals surface area (Å²) in [6.07, 6.45) is 0. The van der Waals surface area contributed by atoms with Gasteiger partial charge in [-0.3, -0.25) is 0 Å². The fourth-order valence-corrected chi connectivity index (χ4v) is 32.4. The van der Waals surface area contributed by atoms with Crippen LogP contribution in [0, 0.1) is 69.8 Å². The van der Waals surface area contributed by atoms with E-state index in [1.165, 1.54) is 0 Å². The highest BCUT2D eigenvalue weighted by Gasteiger charge is 2.54. The topological polar surface area (TPSA) is 27.7 Å². The van der Waals surface area contributed by atoms with Crippen molar-refractivity contribution in [1.82, 2.24) is 0 Å². The monoisotopic (exact) mass is 974 g/mol. The van der Waals surface area contributed by atoms with E-state index in [1.807, 2.05) is 0 Å². The Hall–Kier alpha value is -3.06. The van der Waals surface area contributed by atoms with Gasteiger partial charge in [0.1, 0.15) is 24.2 Å². The third-order valence-corrected chi connectivity index (χ3v) is 35.3. The highest BCUT2D eigenvalue weighted by molar-refractivity contribution is 6.96. The Morgan fingerprint density at radius 2 is 0.375 bits per heavy atom. The van der Waals surface area contributed by atoms with Crippen LogP contribution in [0.4, 0.5) is 52.7 Å². The Morgan fingerprint density at radius 1 is 0.250 bits per heavy atom. The maximum Gasteiger partial charge on any atom is 0.864 e. The van der Waals surface area contributed by atoms with Gasteiger partial charge in [0.25, 0.3) is 0 Å². The minimum Gasteiger partial charge on any atom is -0.484 e. The molecule has 0 radical (unpaired) electrons. The van der Waals surface area contributed by atoms with Crippen LogP contribution < -0.4 is 29.5 Å². The molecule has 0 aliphatic carbocycles. The Balaban J connectivity index is 2.54. The van der Waals surface area contributed by atoms with E-state index >= 15 is 52.7 Å². The van der Waals surface area contributed by atoms with Crippen molar-refractivity contribution in [3.05, 3.63) is 69.8 Å². The zero-order chi connectivity index (χ0) is 49.8. The van der Waals surface area contributed by atoms with Gasteiger partial charge in [0, 0.05) is 15.6 Å². The molecule has 0 saturated heterocycles. The maximum atomic E-state index is 16.4. The van der Waals surface area contributed by atoms with Crippen LogP contribution in [0.25, 0.3) is 0 Å². The number of hydrogen-bond donors (Lipinski definition) is 0. The van der Waals surface area contributed by atoms with E-state index in [2.05, 4.69) is 0 Å². The van der Waals surface area contributed by atoms with Crippen molar-refractivity contribution in [3.63, 3.8) is 0 Å². The lowest BCUT2D eigenvalue weighted by Crippen LogP contribution is -2.59. The highest BCUT2D eigenvalue weighted by Crippen LogP contribution is 2.47. The number of hydrogen-bond acceptors (Lipinski definition) is 3. The minimum absolute atomic E-state index is 0.522. The van der Waals surface area contributed by atoms with E-state index in [4.69, 9.17) is 14.0 Å². The first-order valence-corrected chi connectivity index (χ1v) is 28.5. The van der Waals surface area contributed by atoms with Gasteiger partial charge in [0.05, 0.1) is 0 Å². The van der Waals surface area contributed by atoms with Crippen molar-refractivity contribution in [3.8, 4) is 17.2 Å². The van der Waals surface area contributed by atoms with Crippen LogP contribution in [-0.2, 0) is 0 Å². The standard InChI is InChI=1S/C45H63BF12O3Si3/c1-19(2)62(20(3)4,21(5)6)43-34(53)28(47)40(29(48)35(43)54)59-46(60-41-30(49)36(55)44(37(56)31(41)50)63(22(7)8,23(9)10)24(11)12)61-42-32(51)38(57)45(39(58)33(42)52)64(25(13)14,26(15)16)27(17)18/h19-27H,1-18H3. The Labute approximate surface area is 374 Å². The molecule has 0 aliphatic heterocycles. The fraction of sp³-hybridized carbons (Fsp3) is 0.600. The van der Waals surface area contributed by atoms with Crippen molar-refractivity contribution in [2.75, 3.05) is 0 Å². The molecule has 3 nitrogen and oxygen atoms in total. The van der Waals surface area contributed by atoms with Gasteiger partial charge in [-0.05, 0) is 49.9 Å². The minimum atomic E-state index is -3.59. The van der Waals surface area contributed by atoms with E-state index in [1.54, 1.807) is 125 Å². The summed E-state index contributed by atoms with van der Waals surface area (Å²) < 4.78 is 212. The van der Waals surface area contributed by atoms with Crippen molar-refractivity contribution < 1.29 is 66.6 Å². The first-order valence-electron chi connectivity index (χ1n) is 21.8. The molecular formula is C45H63BF12O3Si3. The van der Waals surface area contributed by atoms with E-state index in [9.17, 15) is 0 Å². The SMILES string of the molecule is CC(C)[Si](c1c(F)c(F)c(OB(Oc2c(F)c(F)c([Si](C(C)C)(C(C)C)C(C)C)c(F)c2F)Oc2c(F)c(F)c([Si](C(C)C)(C(C)C)C(C)C)c(F)c2F)c(F)c1F)(C(C)C)C(C)C. The third kappa shape index (κ3) is 8.46. The molecule has 0 aromatic heterocycles. The van der Waals surface area contributed by atoms with Gasteiger partial charge in [-0.25, -0.2) is 26.3 Å². The molecule has 3 aromatic rings. The lowest BCUT2D eigenvalue weighted by atomic mass is 10.1. The van der Waals surface area contributed by atoms with Crippen molar-refractivity contribution in [1.29, 1.82) is 0 Å². The predicted molar refractivity (Wildman–Crippen MR) is 239 cm³/mol. The molecule has 0 aliphatic rings.